The van der Waals surface area contributed by atoms with E-state index in [0.717, 1.165) is 5.56 Å². The van der Waals surface area contributed by atoms with Gasteiger partial charge in [0.1, 0.15) is 0 Å². The highest BCUT2D eigenvalue weighted by Crippen LogP contribution is 2.17. The number of primary amides is 1. The van der Waals surface area contributed by atoms with E-state index in [1.54, 1.807) is 50.3 Å². The quantitative estimate of drug-likeness (QED) is 0.883. The van der Waals surface area contributed by atoms with Crippen LogP contribution in [0, 0.1) is 0 Å². The first kappa shape index (κ1) is 14.4. The first-order valence-electron chi connectivity index (χ1n) is 5.63. The molecule has 98 valence electrons. The standard InChI is InChI=1S/C13H17NO3S/c1-10(2)18(16,17)12-7-3-5-11(9-12)6-4-8-13(14)15/h3-7,9-10H,8H2,1-2H3,(H2,14,15). The number of carbonyl (C=O) groups is 1. The summed E-state index contributed by atoms with van der Waals surface area (Å²) in [5, 5.41) is -0.456. The molecule has 0 heterocycles. The Kier molecular flexibility index (Phi) is 4.67. The lowest BCUT2D eigenvalue weighted by atomic mass is 10.2. The average Bonchev–Trinajstić information content (AvgIpc) is 2.28. The maximum atomic E-state index is 12.0. The van der Waals surface area contributed by atoms with Crippen LogP contribution in [0.2, 0.25) is 0 Å². The van der Waals surface area contributed by atoms with Crippen LogP contribution >= 0.6 is 0 Å². The second kappa shape index (κ2) is 5.82. The Morgan fingerprint density at radius 2 is 2.06 bits per heavy atom. The maximum Gasteiger partial charge on any atom is 0.221 e. The minimum atomic E-state index is -3.27. The van der Waals surface area contributed by atoms with Crippen LogP contribution < -0.4 is 5.73 Å². The predicted molar refractivity (Wildman–Crippen MR) is 71.6 cm³/mol. The summed E-state index contributed by atoms with van der Waals surface area (Å²) >= 11 is 0. The van der Waals surface area contributed by atoms with Crippen molar-refractivity contribution in [3.63, 3.8) is 0 Å². The molecule has 18 heavy (non-hydrogen) atoms. The van der Waals surface area contributed by atoms with E-state index in [0.29, 0.717) is 4.90 Å². The molecule has 4 nitrogen and oxygen atoms in total. The number of rotatable bonds is 5. The van der Waals surface area contributed by atoms with Crippen molar-refractivity contribution in [1.29, 1.82) is 0 Å². The van der Waals surface area contributed by atoms with Gasteiger partial charge in [0.2, 0.25) is 5.91 Å². The van der Waals surface area contributed by atoms with Crippen molar-refractivity contribution in [3.8, 4) is 0 Å². The molecule has 0 unspecified atom stereocenters. The molecule has 0 aromatic heterocycles. The second-order valence-corrected chi connectivity index (χ2v) is 6.74. The lowest BCUT2D eigenvalue weighted by Gasteiger charge is -2.08. The summed E-state index contributed by atoms with van der Waals surface area (Å²) in [5.41, 5.74) is 5.74. The molecule has 2 N–H and O–H groups in total. The van der Waals surface area contributed by atoms with E-state index in [1.807, 2.05) is 0 Å². The van der Waals surface area contributed by atoms with Gasteiger partial charge in [-0.3, -0.25) is 4.79 Å². The van der Waals surface area contributed by atoms with Crippen LogP contribution in [0.3, 0.4) is 0 Å². The van der Waals surface area contributed by atoms with Crippen LogP contribution in [-0.2, 0) is 14.6 Å². The lowest BCUT2D eigenvalue weighted by molar-refractivity contribution is -0.117. The number of hydrogen-bond donors (Lipinski definition) is 1. The number of hydrogen-bond acceptors (Lipinski definition) is 3. The minimum absolute atomic E-state index is 0.140. The fourth-order valence-corrected chi connectivity index (χ4v) is 2.49. The fourth-order valence-electron chi connectivity index (χ4n) is 1.38. The van der Waals surface area contributed by atoms with Gasteiger partial charge in [0.15, 0.2) is 9.84 Å². The predicted octanol–water partition coefficient (Wildman–Crippen LogP) is 1.76. The monoisotopic (exact) mass is 267 g/mol. The van der Waals surface area contributed by atoms with Crippen molar-refractivity contribution in [2.45, 2.75) is 30.4 Å². The van der Waals surface area contributed by atoms with Gasteiger partial charge in [0, 0.05) is 6.42 Å². The Morgan fingerprint density at radius 1 is 1.39 bits per heavy atom. The highest BCUT2D eigenvalue weighted by atomic mass is 32.2. The molecule has 5 heteroatoms. The SMILES string of the molecule is CC(C)S(=O)(=O)c1cccc(C=CCC(N)=O)c1. The molecule has 0 aliphatic heterocycles. The van der Waals surface area contributed by atoms with E-state index in [2.05, 4.69) is 0 Å². The Morgan fingerprint density at radius 3 is 2.61 bits per heavy atom. The highest BCUT2D eigenvalue weighted by Gasteiger charge is 2.18. The molecule has 1 amide bonds. The van der Waals surface area contributed by atoms with Gasteiger partial charge in [-0.25, -0.2) is 8.42 Å². The van der Waals surface area contributed by atoms with Crippen molar-refractivity contribution in [1.82, 2.24) is 0 Å². The number of sulfone groups is 1. The van der Waals surface area contributed by atoms with Crippen molar-refractivity contribution in [2.75, 3.05) is 0 Å². The van der Waals surface area contributed by atoms with Gasteiger partial charge in [0.05, 0.1) is 10.1 Å². The third kappa shape index (κ3) is 3.70. The summed E-state index contributed by atoms with van der Waals surface area (Å²) in [6, 6.07) is 6.61. The topological polar surface area (TPSA) is 77.2 Å². The van der Waals surface area contributed by atoms with Crippen molar-refractivity contribution in [3.05, 3.63) is 35.9 Å². The third-order valence-corrected chi connectivity index (χ3v) is 4.59. The highest BCUT2D eigenvalue weighted by molar-refractivity contribution is 7.92. The normalized spacial score (nSPS) is 12.2. The van der Waals surface area contributed by atoms with Gasteiger partial charge >= 0.3 is 0 Å². The fraction of sp³-hybridized carbons (Fsp3) is 0.308. The first-order chi connectivity index (χ1) is 8.34. The van der Waals surface area contributed by atoms with Crippen molar-refractivity contribution >= 4 is 21.8 Å². The zero-order valence-corrected chi connectivity index (χ0v) is 11.3. The van der Waals surface area contributed by atoms with Gasteiger partial charge in [-0.2, -0.15) is 0 Å². The zero-order valence-electron chi connectivity index (χ0n) is 10.5. The van der Waals surface area contributed by atoms with Gasteiger partial charge < -0.3 is 5.73 Å². The summed E-state index contributed by atoms with van der Waals surface area (Å²) in [7, 11) is -3.27. The van der Waals surface area contributed by atoms with E-state index in [1.165, 1.54) is 0 Å². The van der Waals surface area contributed by atoms with Crippen molar-refractivity contribution < 1.29 is 13.2 Å². The maximum absolute atomic E-state index is 12.0. The molecule has 1 aromatic carbocycles. The summed E-state index contributed by atoms with van der Waals surface area (Å²) in [6.45, 7) is 3.29. The van der Waals surface area contributed by atoms with Gasteiger partial charge in [-0.05, 0) is 31.5 Å². The minimum Gasteiger partial charge on any atom is -0.369 e. The molecule has 0 bridgehead atoms. The van der Waals surface area contributed by atoms with E-state index in [-0.39, 0.29) is 6.42 Å². The third-order valence-electron chi connectivity index (χ3n) is 2.44. The van der Waals surface area contributed by atoms with E-state index >= 15 is 0 Å². The summed E-state index contributed by atoms with van der Waals surface area (Å²) in [6.07, 6.45) is 3.44. The molecule has 0 aliphatic carbocycles. The van der Waals surface area contributed by atoms with Crippen LogP contribution in [-0.4, -0.2) is 19.6 Å². The Hall–Kier alpha value is -1.62. The number of amides is 1. The average molecular weight is 267 g/mol. The Labute approximate surface area is 107 Å². The molecule has 0 aliphatic rings. The molecular formula is C13H17NO3S. The van der Waals surface area contributed by atoms with Crippen LogP contribution in [0.25, 0.3) is 6.08 Å². The smallest absolute Gasteiger partial charge is 0.221 e. The summed E-state index contributed by atoms with van der Waals surface area (Å²) < 4.78 is 23.9. The molecule has 0 saturated heterocycles. The van der Waals surface area contributed by atoms with Crippen molar-refractivity contribution in [2.24, 2.45) is 5.73 Å². The first-order valence-corrected chi connectivity index (χ1v) is 7.17. The Balaban J connectivity index is 3.00. The summed E-state index contributed by atoms with van der Waals surface area (Å²) in [4.78, 5) is 10.9. The second-order valence-electron chi connectivity index (χ2n) is 4.24. The van der Waals surface area contributed by atoms with E-state index in [9.17, 15) is 13.2 Å². The molecular weight excluding hydrogens is 250 g/mol. The number of benzene rings is 1. The number of nitrogens with two attached hydrogens (primary N) is 1. The largest absolute Gasteiger partial charge is 0.369 e. The molecule has 1 aromatic rings. The van der Waals surface area contributed by atoms with Crippen LogP contribution in [0.15, 0.2) is 35.2 Å². The summed E-state index contributed by atoms with van der Waals surface area (Å²) in [5.74, 6) is -0.419. The molecule has 0 saturated carbocycles. The Bertz CT molecular complexity index is 559. The van der Waals surface area contributed by atoms with E-state index < -0.39 is 21.0 Å². The van der Waals surface area contributed by atoms with Crippen LogP contribution in [0.5, 0.6) is 0 Å². The molecule has 1 rings (SSSR count). The molecule has 0 fully saturated rings. The number of carbonyl (C=O) groups excluding carboxylic acids is 1. The zero-order chi connectivity index (χ0) is 13.8. The van der Waals surface area contributed by atoms with Crippen LogP contribution in [0.4, 0.5) is 0 Å². The molecule has 0 spiro atoms. The van der Waals surface area contributed by atoms with Gasteiger partial charge in [-0.15, -0.1) is 0 Å². The van der Waals surface area contributed by atoms with Crippen LogP contribution in [0.1, 0.15) is 25.8 Å². The molecule has 0 radical (unpaired) electrons. The lowest BCUT2D eigenvalue weighted by Crippen LogP contribution is -2.13. The molecule has 0 atom stereocenters. The van der Waals surface area contributed by atoms with Gasteiger partial charge in [0.25, 0.3) is 0 Å². The van der Waals surface area contributed by atoms with E-state index in [4.69, 9.17) is 5.73 Å². The van der Waals surface area contributed by atoms with Gasteiger partial charge in [-0.1, -0.05) is 24.3 Å².